The summed E-state index contributed by atoms with van der Waals surface area (Å²) in [6.45, 7) is 0.617. The smallest absolute Gasteiger partial charge is 0.263 e. The van der Waals surface area contributed by atoms with Crippen molar-refractivity contribution in [1.82, 2.24) is 4.98 Å². The van der Waals surface area contributed by atoms with Crippen molar-refractivity contribution in [3.05, 3.63) is 52.4 Å². The van der Waals surface area contributed by atoms with Gasteiger partial charge in [-0.2, -0.15) is 0 Å². The molecule has 0 radical (unpaired) electrons. The number of ether oxygens (including phenoxy) is 1. The van der Waals surface area contributed by atoms with Crippen molar-refractivity contribution in [3.8, 4) is 5.75 Å². The van der Waals surface area contributed by atoms with Gasteiger partial charge in [0.15, 0.2) is 0 Å². The number of benzene rings is 1. The lowest BCUT2D eigenvalue weighted by Crippen LogP contribution is -2.15. The van der Waals surface area contributed by atoms with E-state index in [1.165, 1.54) is 18.3 Å². The Morgan fingerprint density at radius 3 is 2.80 bits per heavy atom. The number of nitrogens with one attached hydrogen (secondary N) is 2. The molecule has 0 spiro atoms. The van der Waals surface area contributed by atoms with Gasteiger partial charge in [0.25, 0.3) is 10.0 Å². The number of H-pyrrole nitrogens is 1. The van der Waals surface area contributed by atoms with E-state index in [-0.39, 0.29) is 10.5 Å². The van der Waals surface area contributed by atoms with Gasteiger partial charge in [0, 0.05) is 24.4 Å². The van der Waals surface area contributed by atoms with Gasteiger partial charge in [0.05, 0.1) is 6.61 Å². The molecule has 0 saturated heterocycles. The number of pyridine rings is 1. The van der Waals surface area contributed by atoms with E-state index in [2.05, 4.69) is 9.71 Å². The lowest BCUT2D eigenvalue weighted by atomic mass is 10.1. The molecule has 6 nitrogen and oxygen atoms in total. The molecule has 7 heteroatoms. The van der Waals surface area contributed by atoms with Gasteiger partial charge in [-0.05, 0) is 29.8 Å². The first kappa shape index (κ1) is 12.7. The summed E-state index contributed by atoms with van der Waals surface area (Å²) in [7, 11) is -3.71. The van der Waals surface area contributed by atoms with E-state index in [4.69, 9.17) is 4.74 Å². The fourth-order valence-corrected chi connectivity index (χ4v) is 3.04. The minimum absolute atomic E-state index is 0.00819. The Hall–Kier alpha value is -2.28. The lowest BCUT2D eigenvalue weighted by molar-refractivity contribution is 0.357. The maximum atomic E-state index is 12.1. The van der Waals surface area contributed by atoms with Crippen molar-refractivity contribution < 1.29 is 13.2 Å². The third-order valence-corrected chi connectivity index (χ3v) is 4.39. The highest BCUT2D eigenvalue weighted by molar-refractivity contribution is 7.92. The highest BCUT2D eigenvalue weighted by Gasteiger charge is 2.17. The lowest BCUT2D eigenvalue weighted by Gasteiger charge is -2.08. The normalized spacial score (nSPS) is 13.6. The average molecular weight is 292 g/mol. The molecular formula is C13H12N2O4S. The van der Waals surface area contributed by atoms with Gasteiger partial charge < -0.3 is 9.72 Å². The topological polar surface area (TPSA) is 88.3 Å². The zero-order chi connectivity index (χ0) is 14.2. The maximum Gasteiger partial charge on any atom is 0.263 e. The molecule has 0 fully saturated rings. The number of fused-ring (bicyclic) bond motifs is 1. The van der Waals surface area contributed by atoms with Crippen LogP contribution in [0.25, 0.3) is 0 Å². The van der Waals surface area contributed by atoms with Crippen LogP contribution in [-0.4, -0.2) is 20.0 Å². The van der Waals surface area contributed by atoms with Gasteiger partial charge in [-0.3, -0.25) is 9.52 Å². The average Bonchev–Trinajstić information content (AvgIpc) is 2.86. The van der Waals surface area contributed by atoms with Crippen molar-refractivity contribution in [3.63, 3.8) is 0 Å². The fourth-order valence-electron chi connectivity index (χ4n) is 2.03. The largest absolute Gasteiger partial charge is 0.493 e. The van der Waals surface area contributed by atoms with Crippen molar-refractivity contribution >= 4 is 15.7 Å². The Balaban J connectivity index is 1.90. The molecule has 1 aromatic carbocycles. The van der Waals surface area contributed by atoms with Gasteiger partial charge in [-0.1, -0.05) is 0 Å². The predicted molar refractivity (Wildman–Crippen MR) is 73.5 cm³/mol. The summed E-state index contributed by atoms with van der Waals surface area (Å²) < 4.78 is 32.1. The molecule has 0 unspecified atom stereocenters. The third-order valence-electron chi connectivity index (χ3n) is 3.01. The number of hydrogen-bond donors (Lipinski definition) is 2. The second kappa shape index (κ2) is 4.68. The van der Waals surface area contributed by atoms with Crippen molar-refractivity contribution in [2.75, 3.05) is 11.3 Å². The van der Waals surface area contributed by atoms with E-state index in [1.54, 1.807) is 18.2 Å². The monoisotopic (exact) mass is 292 g/mol. The quantitative estimate of drug-likeness (QED) is 0.887. The Bertz CT molecular complexity index is 791. The molecule has 20 heavy (non-hydrogen) atoms. The zero-order valence-electron chi connectivity index (χ0n) is 10.4. The van der Waals surface area contributed by atoms with E-state index in [0.29, 0.717) is 12.3 Å². The second-order valence-corrected chi connectivity index (χ2v) is 6.10. The van der Waals surface area contributed by atoms with Crippen molar-refractivity contribution in [2.45, 2.75) is 11.3 Å². The number of anilines is 1. The minimum atomic E-state index is -3.71. The van der Waals surface area contributed by atoms with Gasteiger partial charge >= 0.3 is 0 Å². The molecule has 0 aliphatic carbocycles. The number of aromatic amines is 1. The standard InChI is InChI=1S/C13H12N2O4S/c16-13-4-2-11(8-14-13)20(17,18)15-10-1-3-12-9(7-10)5-6-19-12/h1-4,7-8,15H,5-6H2,(H,14,16). The van der Waals surface area contributed by atoms with E-state index in [0.717, 1.165) is 17.7 Å². The van der Waals surface area contributed by atoms with E-state index in [1.807, 2.05) is 0 Å². The van der Waals surface area contributed by atoms with Gasteiger partial charge in [-0.15, -0.1) is 0 Å². The fraction of sp³-hybridized carbons (Fsp3) is 0.154. The number of rotatable bonds is 3. The molecular weight excluding hydrogens is 280 g/mol. The van der Waals surface area contributed by atoms with E-state index in [9.17, 15) is 13.2 Å². The first-order chi connectivity index (χ1) is 9.54. The highest BCUT2D eigenvalue weighted by Crippen LogP contribution is 2.28. The molecule has 3 rings (SSSR count). The Morgan fingerprint density at radius 1 is 1.20 bits per heavy atom. The van der Waals surface area contributed by atoms with Crippen molar-refractivity contribution in [1.29, 1.82) is 0 Å². The molecule has 0 bridgehead atoms. The first-order valence-electron chi connectivity index (χ1n) is 6.02. The van der Waals surface area contributed by atoms with Crippen LogP contribution in [0.2, 0.25) is 0 Å². The number of hydrogen-bond acceptors (Lipinski definition) is 4. The molecule has 1 aliphatic rings. The van der Waals surface area contributed by atoms with Crippen LogP contribution in [0.15, 0.2) is 46.2 Å². The molecule has 1 aliphatic heterocycles. The molecule has 2 N–H and O–H groups in total. The summed E-state index contributed by atoms with van der Waals surface area (Å²) in [6.07, 6.45) is 1.94. The summed E-state index contributed by atoms with van der Waals surface area (Å²) in [5, 5.41) is 0. The molecule has 104 valence electrons. The van der Waals surface area contributed by atoms with Gasteiger partial charge in [0.1, 0.15) is 10.6 Å². The molecule has 0 amide bonds. The molecule has 1 aromatic heterocycles. The summed E-state index contributed by atoms with van der Waals surface area (Å²) in [6, 6.07) is 7.58. The summed E-state index contributed by atoms with van der Waals surface area (Å²) in [5.41, 5.74) is 1.10. The van der Waals surface area contributed by atoms with Crippen LogP contribution in [0.4, 0.5) is 5.69 Å². The molecule has 2 heterocycles. The summed E-state index contributed by atoms with van der Waals surface area (Å²) in [4.78, 5) is 13.3. The van der Waals surface area contributed by atoms with E-state index < -0.39 is 10.0 Å². The minimum Gasteiger partial charge on any atom is -0.493 e. The second-order valence-electron chi connectivity index (χ2n) is 4.42. The Morgan fingerprint density at radius 2 is 2.05 bits per heavy atom. The SMILES string of the molecule is O=c1ccc(S(=O)(=O)Nc2ccc3c(c2)CCO3)c[nH]1. The van der Waals surface area contributed by atoms with Crippen LogP contribution in [0.5, 0.6) is 5.75 Å². The van der Waals surface area contributed by atoms with Crippen molar-refractivity contribution in [2.24, 2.45) is 0 Å². The molecule has 0 atom stereocenters. The highest BCUT2D eigenvalue weighted by atomic mass is 32.2. The molecule has 2 aromatic rings. The van der Waals surface area contributed by atoms with Crippen LogP contribution < -0.4 is 15.0 Å². The predicted octanol–water partition coefficient (Wildman–Crippen LogP) is 1.11. The summed E-state index contributed by atoms with van der Waals surface area (Å²) >= 11 is 0. The number of aromatic nitrogens is 1. The maximum absolute atomic E-state index is 12.1. The van der Waals surface area contributed by atoms with Gasteiger partial charge in [0.2, 0.25) is 5.56 Å². The third kappa shape index (κ3) is 2.39. The first-order valence-corrected chi connectivity index (χ1v) is 7.50. The number of sulfonamides is 1. The van der Waals surface area contributed by atoms with Gasteiger partial charge in [-0.25, -0.2) is 8.42 Å². The van der Waals surface area contributed by atoms with E-state index >= 15 is 0 Å². The van der Waals surface area contributed by atoms with Crippen LogP contribution in [-0.2, 0) is 16.4 Å². The van der Waals surface area contributed by atoms with Crippen LogP contribution in [0.3, 0.4) is 0 Å². The summed E-state index contributed by atoms with van der Waals surface area (Å²) in [5.74, 6) is 0.789. The zero-order valence-corrected chi connectivity index (χ0v) is 11.2. The van der Waals surface area contributed by atoms with Crippen LogP contribution in [0, 0.1) is 0 Å². The Kier molecular flexibility index (Phi) is 2.98. The Labute approximate surface area is 115 Å². The van der Waals surface area contributed by atoms with Crippen LogP contribution in [0.1, 0.15) is 5.56 Å². The molecule has 0 saturated carbocycles. The van der Waals surface area contributed by atoms with Crippen LogP contribution >= 0.6 is 0 Å².